The quantitative estimate of drug-likeness (QED) is 0.940. The number of aliphatic hydroxyl groups is 1. The van der Waals surface area contributed by atoms with Crippen molar-refractivity contribution in [3.63, 3.8) is 0 Å². The summed E-state index contributed by atoms with van der Waals surface area (Å²) in [5, 5.41) is 9.72. The molecule has 0 aliphatic rings. The van der Waals surface area contributed by atoms with Gasteiger partial charge < -0.3 is 9.84 Å². The zero-order chi connectivity index (χ0) is 13.0. The first-order valence-corrected chi connectivity index (χ1v) is 6.45. The van der Waals surface area contributed by atoms with Gasteiger partial charge in [0.2, 0.25) is 0 Å². The van der Waals surface area contributed by atoms with Gasteiger partial charge in [0.15, 0.2) is 0 Å². The van der Waals surface area contributed by atoms with E-state index in [4.69, 9.17) is 4.74 Å². The van der Waals surface area contributed by atoms with E-state index in [2.05, 4.69) is 20.9 Å². The maximum absolute atomic E-state index is 9.72. The molecule has 2 rings (SSSR count). The number of benzene rings is 1. The number of hydrogen-bond donors (Lipinski definition) is 1. The molecule has 18 heavy (non-hydrogen) atoms. The largest absolute Gasteiger partial charge is 0.489 e. The molecule has 0 saturated carbocycles. The van der Waals surface area contributed by atoms with Crippen molar-refractivity contribution in [2.24, 2.45) is 0 Å². The van der Waals surface area contributed by atoms with E-state index < -0.39 is 6.10 Å². The highest BCUT2D eigenvalue weighted by molar-refractivity contribution is 9.10. The van der Waals surface area contributed by atoms with Crippen LogP contribution in [0.2, 0.25) is 0 Å². The Kier molecular flexibility index (Phi) is 4.33. The summed E-state index contributed by atoms with van der Waals surface area (Å²) in [6.07, 6.45) is 2.90. The lowest BCUT2D eigenvalue weighted by Crippen LogP contribution is -2.01. The summed E-state index contributed by atoms with van der Waals surface area (Å²) >= 11 is 3.39. The van der Waals surface area contributed by atoms with Gasteiger partial charge in [0.25, 0.3) is 0 Å². The van der Waals surface area contributed by atoms with Crippen LogP contribution >= 0.6 is 15.9 Å². The Hall–Kier alpha value is -1.39. The van der Waals surface area contributed by atoms with Crippen LogP contribution in [0.5, 0.6) is 5.75 Å². The zero-order valence-electron chi connectivity index (χ0n) is 10.0. The van der Waals surface area contributed by atoms with Gasteiger partial charge in [-0.25, -0.2) is 0 Å². The Morgan fingerprint density at radius 1 is 1.28 bits per heavy atom. The third kappa shape index (κ3) is 3.31. The minimum absolute atomic E-state index is 0.462. The van der Waals surface area contributed by atoms with Crippen molar-refractivity contribution < 1.29 is 9.84 Å². The van der Waals surface area contributed by atoms with Crippen molar-refractivity contribution in [2.75, 3.05) is 0 Å². The molecule has 1 atom stereocenters. The topological polar surface area (TPSA) is 42.4 Å². The fourth-order valence-electron chi connectivity index (χ4n) is 1.62. The summed E-state index contributed by atoms with van der Waals surface area (Å²) in [4.78, 5) is 3.96. The monoisotopic (exact) mass is 307 g/mol. The molecular weight excluding hydrogens is 294 g/mol. The van der Waals surface area contributed by atoms with Crippen LogP contribution in [0.3, 0.4) is 0 Å². The molecule has 0 spiro atoms. The fourth-order valence-corrected chi connectivity index (χ4v) is 2.00. The molecule has 1 aromatic heterocycles. The van der Waals surface area contributed by atoms with Crippen LogP contribution in [0, 0.1) is 0 Å². The van der Waals surface area contributed by atoms with E-state index >= 15 is 0 Å². The van der Waals surface area contributed by atoms with Gasteiger partial charge in [0, 0.05) is 22.4 Å². The normalized spacial score (nSPS) is 12.2. The maximum atomic E-state index is 9.72. The van der Waals surface area contributed by atoms with Crippen LogP contribution in [0.1, 0.15) is 24.2 Å². The van der Waals surface area contributed by atoms with Crippen molar-refractivity contribution in [1.82, 2.24) is 4.98 Å². The van der Waals surface area contributed by atoms with Crippen molar-refractivity contribution in [3.05, 3.63) is 58.3 Å². The number of ether oxygens (including phenoxy) is 1. The molecule has 0 saturated heterocycles. The molecule has 1 aromatic carbocycles. The van der Waals surface area contributed by atoms with Crippen molar-refractivity contribution >= 4 is 15.9 Å². The Balaban J connectivity index is 2.14. The molecule has 1 N–H and O–H groups in total. The van der Waals surface area contributed by atoms with Crippen LogP contribution in [0.25, 0.3) is 0 Å². The highest BCUT2D eigenvalue weighted by Gasteiger charge is 2.09. The SMILES string of the molecule is CC(O)c1cc(Br)ccc1OCc1ccncc1. The summed E-state index contributed by atoms with van der Waals surface area (Å²) in [5.41, 5.74) is 1.82. The van der Waals surface area contributed by atoms with E-state index in [1.165, 1.54) is 0 Å². The zero-order valence-corrected chi connectivity index (χ0v) is 11.6. The first-order valence-electron chi connectivity index (χ1n) is 5.66. The average molecular weight is 308 g/mol. The molecule has 0 bridgehead atoms. The van der Waals surface area contributed by atoms with E-state index in [9.17, 15) is 5.11 Å². The van der Waals surface area contributed by atoms with Gasteiger partial charge in [-0.15, -0.1) is 0 Å². The lowest BCUT2D eigenvalue weighted by Gasteiger charge is -2.13. The van der Waals surface area contributed by atoms with E-state index in [1.54, 1.807) is 19.3 Å². The van der Waals surface area contributed by atoms with Gasteiger partial charge >= 0.3 is 0 Å². The average Bonchev–Trinajstić information content (AvgIpc) is 2.38. The minimum atomic E-state index is -0.560. The predicted molar refractivity (Wildman–Crippen MR) is 73.3 cm³/mol. The number of nitrogens with zero attached hydrogens (tertiary/aromatic N) is 1. The maximum Gasteiger partial charge on any atom is 0.125 e. The standard InChI is InChI=1S/C14H14BrNO2/c1-10(17)13-8-12(15)2-3-14(13)18-9-11-4-6-16-7-5-11/h2-8,10,17H,9H2,1H3. The lowest BCUT2D eigenvalue weighted by molar-refractivity contribution is 0.190. The molecule has 2 aromatic rings. The van der Waals surface area contributed by atoms with Gasteiger partial charge in [-0.1, -0.05) is 15.9 Å². The number of aromatic nitrogens is 1. The third-order valence-electron chi connectivity index (χ3n) is 2.57. The molecular formula is C14H14BrNO2. The highest BCUT2D eigenvalue weighted by Crippen LogP contribution is 2.29. The van der Waals surface area contributed by atoms with E-state index in [-0.39, 0.29) is 0 Å². The van der Waals surface area contributed by atoms with Crippen molar-refractivity contribution in [2.45, 2.75) is 19.6 Å². The number of aliphatic hydroxyl groups excluding tert-OH is 1. The Morgan fingerprint density at radius 3 is 2.67 bits per heavy atom. The van der Waals surface area contributed by atoms with Crippen LogP contribution in [0.4, 0.5) is 0 Å². The Labute approximate surface area is 115 Å². The Morgan fingerprint density at radius 2 is 2.00 bits per heavy atom. The molecule has 0 aliphatic carbocycles. The van der Waals surface area contributed by atoms with Crippen molar-refractivity contribution in [3.8, 4) is 5.75 Å². The van der Waals surface area contributed by atoms with Crippen LogP contribution in [0.15, 0.2) is 47.2 Å². The molecule has 1 heterocycles. The van der Waals surface area contributed by atoms with Gasteiger partial charge in [0.05, 0.1) is 6.10 Å². The summed E-state index contributed by atoms with van der Waals surface area (Å²) < 4.78 is 6.66. The van der Waals surface area contributed by atoms with E-state index in [1.807, 2.05) is 30.3 Å². The predicted octanol–water partition coefficient (Wildman–Crippen LogP) is 3.48. The van der Waals surface area contributed by atoms with E-state index in [0.717, 1.165) is 15.6 Å². The fraction of sp³-hybridized carbons (Fsp3) is 0.214. The van der Waals surface area contributed by atoms with Crippen LogP contribution in [-0.2, 0) is 6.61 Å². The summed E-state index contributed by atoms with van der Waals surface area (Å²) in [6.45, 7) is 2.19. The Bertz CT molecular complexity index is 514. The first kappa shape index (κ1) is 13.1. The second-order valence-electron chi connectivity index (χ2n) is 4.00. The molecule has 0 fully saturated rings. The van der Waals surface area contributed by atoms with Gasteiger partial charge in [-0.2, -0.15) is 0 Å². The lowest BCUT2D eigenvalue weighted by atomic mass is 10.1. The minimum Gasteiger partial charge on any atom is -0.489 e. The first-order chi connectivity index (χ1) is 8.66. The summed E-state index contributed by atoms with van der Waals surface area (Å²) in [6, 6.07) is 9.43. The van der Waals surface area contributed by atoms with Crippen molar-refractivity contribution in [1.29, 1.82) is 0 Å². The van der Waals surface area contributed by atoms with Gasteiger partial charge in [-0.3, -0.25) is 4.98 Å². The second-order valence-corrected chi connectivity index (χ2v) is 4.92. The molecule has 3 nitrogen and oxygen atoms in total. The molecule has 0 radical (unpaired) electrons. The molecule has 1 unspecified atom stereocenters. The highest BCUT2D eigenvalue weighted by atomic mass is 79.9. The van der Waals surface area contributed by atoms with E-state index in [0.29, 0.717) is 12.4 Å². The molecule has 4 heteroatoms. The summed E-state index contributed by atoms with van der Waals surface area (Å²) in [5.74, 6) is 0.699. The number of rotatable bonds is 4. The third-order valence-corrected chi connectivity index (χ3v) is 3.06. The molecule has 94 valence electrons. The van der Waals surface area contributed by atoms with Gasteiger partial charge in [0.1, 0.15) is 12.4 Å². The molecule has 0 amide bonds. The number of halogens is 1. The van der Waals surface area contributed by atoms with Crippen LogP contribution < -0.4 is 4.74 Å². The number of hydrogen-bond acceptors (Lipinski definition) is 3. The summed E-state index contributed by atoms with van der Waals surface area (Å²) in [7, 11) is 0. The molecule has 0 aliphatic heterocycles. The van der Waals surface area contributed by atoms with Crippen LogP contribution in [-0.4, -0.2) is 10.1 Å². The van der Waals surface area contributed by atoms with Gasteiger partial charge in [-0.05, 0) is 42.8 Å². The second kappa shape index (κ2) is 5.98. The number of pyridine rings is 1. The smallest absolute Gasteiger partial charge is 0.125 e.